The number of hydrogen-bond acceptors (Lipinski definition) is 6. The highest BCUT2D eigenvalue weighted by Crippen LogP contribution is 2.27. The second kappa shape index (κ2) is 12.6. The third-order valence-electron chi connectivity index (χ3n) is 5.41. The minimum atomic E-state index is -0.561. The lowest BCUT2D eigenvalue weighted by Gasteiger charge is -2.11. The Hall–Kier alpha value is -3.36. The molecule has 0 spiro atoms. The standard InChI is InChI=1S/C28H30ClN3O4/c1-3-34-19-28-31-27(20-4-10-24(11-5-20)35-18-23(33)16-30-2)17-32(28)22-8-14-26(15-9-22)36-25-12-6-21(29)7-13-25/h4-15,17,23,30,33H,3,16,18-19H2,1-2H3. The van der Waals surface area contributed by atoms with E-state index in [9.17, 15) is 5.11 Å². The third-order valence-corrected chi connectivity index (χ3v) is 5.66. The molecule has 0 aliphatic heterocycles. The summed E-state index contributed by atoms with van der Waals surface area (Å²) in [5.74, 6) is 2.94. The maximum Gasteiger partial charge on any atom is 0.140 e. The summed E-state index contributed by atoms with van der Waals surface area (Å²) in [7, 11) is 1.79. The van der Waals surface area contributed by atoms with Gasteiger partial charge in [-0.05, 0) is 86.8 Å². The molecule has 0 saturated heterocycles. The van der Waals surface area contributed by atoms with Crippen LogP contribution < -0.4 is 14.8 Å². The molecule has 0 aliphatic carbocycles. The summed E-state index contributed by atoms with van der Waals surface area (Å²) >= 11 is 5.95. The van der Waals surface area contributed by atoms with Gasteiger partial charge in [-0.3, -0.25) is 0 Å². The van der Waals surface area contributed by atoms with E-state index in [1.807, 2.05) is 78.4 Å². The predicted molar refractivity (Wildman–Crippen MR) is 141 cm³/mol. The fourth-order valence-electron chi connectivity index (χ4n) is 3.60. The molecule has 0 radical (unpaired) electrons. The molecule has 1 heterocycles. The van der Waals surface area contributed by atoms with Crippen LogP contribution in [0.5, 0.6) is 17.2 Å². The predicted octanol–water partition coefficient (Wildman–Crippen LogP) is 5.48. The molecule has 188 valence electrons. The van der Waals surface area contributed by atoms with Gasteiger partial charge < -0.3 is 29.2 Å². The zero-order chi connectivity index (χ0) is 25.3. The van der Waals surface area contributed by atoms with Crippen molar-refractivity contribution in [3.8, 4) is 34.2 Å². The van der Waals surface area contributed by atoms with Gasteiger partial charge in [0.25, 0.3) is 0 Å². The van der Waals surface area contributed by atoms with Crippen molar-refractivity contribution in [3.05, 3.63) is 89.8 Å². The van der Waals surface area contributed by atoms with Crippen LogP contribution in [0.4, 0.5) is 0 Å². The Morgan fingerprint density at radius 3 is 2.22 bits per heavy atom. The number of benzene rings is 3. The molecule has 4 rings (SSSR count). The minimum absolute atomic E-state index is 0.227. The maximum absolute atomic E-state index is 9.83. The SMILES string of the molecule is CCOCc1nc(-c2ccc(OCC(O)CNC)cc2)cn1-c1ccc(Oc2ccc(Cl)cc2)cc1. The fourth-order valence-corrected chi connectivity index (χ4v) is 3.72. The first-order chi connectivity index (χ1) is 17.6. The van der Waals surface area contributed by atoms with E-state index in [1.54, 1.807) is 19.2 Å². The molecule has 3 aromatic carbocycles. The Balaban J connectivity index is 1.51. The van der Waals surface area contributed by atoms with Crippen molar-refractivity contribution in [3.63, 3.8) is 0 Å². The molecular weight excluding hydrogens is 478 g/mol. The largest absolute Gasteiger partial charge is 0.491 e. The van der Waals surface area contributed by atoms with E-state index in [4.69, 9.17) is 30.8 Å². The van der Waals surface area contributed by atoms with Crippen molar-refractivity contribution < 1.29 is 19.3 Å². The number of rotatable bonds is 12. The van der Waals surface area contributed by atoms with Gasteiger partial charge in [0.1, 0.15) is 42.4 Å². The van der Waals surface area contributed by atoms with Gasteiger partial charge in [-0.15, -0.1) is 0 Å². The van der Waals surface area contributed by atoms with Gasteiger partial charge in [-0.2, -0.15) is 0 Å². The molecule has 0 bridgehead atoms. The summed E-state index contributed by atoms with van der Waals surface area (Å²) in [6, 6.07) is 22.7. The van der Waals surface area contributed by atoms with E-state index in [0.29, 0.717) is 30.5 Å². The molecule has 4 aromatic rings. The van der Waals surface area contributed by atoms with Gasteiger partial charge in [0, 0.05) is 35.6 Å². The molecule has 0 aliphatic rings. The number of ether oxygens (including phenoxy) is 3. The summed E-state index contributed by atoms with van der Waals surface area (Å²) in [5, 5.41) is 13.4. The summed E-state index contributed by atoms with van der Waals surface area (Å²) in [6.45, 7) is 3.66. The topological polar surface area (TPSA) is 77.8 Å². The molecule has 0 saturated carbocycles. The van der Waals surface area contributed by atoms with Crippen LogP contribution in [-0.4, -0.2) is 47.6 Å². The number of likely N-dealkylation sites (N-methyl/N-ethyl adjacent to an activating group) is 1. The van der Waals surface area contributed by atoms with Gasteiger partial charge in [-0.25, -0.2) is 4.98 Å². The van der Waals surface area contributed by atoms with Gasteiger partial charge in [0.2, 0.25) is 0 Å². The molecule has 36 heavy (non-hydrogen) atoms. The smallest absolute Gasteiger partial charge is 0.140 e. The van der Waals surface area contributed by atoms with Crippen LogP contribution in [0.1, 0.15) is 12.7 Å². The number of imidazole rings is 1. The minimum Gasteiger partial charge on any atom is -0.491 e. The second-order valence-corrected chi connectivity index (χ2v) is 8.58. The first kappa shape index (κ1) is 25.7. The van der Waals surface area contributed by atoms with Gasteiger partial charge >= 0.3 is 0 Å². The molecular formula is C28H30ClN3O4. The van der Waals surface area contributed by atoms with Crippen molar-refractivity contribution in [1.29, 1.82) is 0 Å². The first-order valence-corrected chi connectivity index (χ1v) is 12.2. The summed E-state index contributed by atoms with van der Waals surface area (Å²) in [5.41, 5.74) is 2.73. The van der Waals surface area contributed by atoms with Crippen molar-refractivity contribution in [2.45, 2.75) is 19.6 Å². The highest BCUT2D eigenvalue weighted by Gasteiger charge is 2.13. The lowest BCUT2D eigenvalue weighted by Crippen LogP contribution is -2.29. The Bertz CT molecular complexity index is 1230. The quantitative estimate of drug-likeness (QED) is 0.264. The molecule has 7 nitrogen and oxygen atoms in total. The first-order valence-electron chi connectivity index (χ1n) is 11.8. The van der Waals surface area contributed by atoms with Crippen LogP contribution in [-0.2, 0) is 11.3 Å². The number of nitrogens with one attached hydrogen (secondary N) is 1. The molecule has 0 fully saturated rings. The Kier molecular flexibility index (Phi) is 8.97. The van der Waals surface area contributed by atoms with Crippen LogP contribution in [0.15, 0.2) is 79.0 Å². The van der Waals surface area contributed by atoms with Crippen molar-refractivity contribution in [2.75, 3.05) is 26.8 Å². The number of aliphatic hydroxyl groups is 1. The van der Waals surface area contributed by atoms with E-state index in [2.05, 4.69) is 5.32 Å². The number of nitrogens with zero attached hydrogens (tertiary/aromatic N) is 2. The van der Waals surface area contributed by atoms with E-state index >= 15 is 0 Å². The third kappa shape index (κ3) is 6.86. The van der Waals surface area contributed by atoms with E-state index < -0.39 is 6.10 Å². The number of hydrogen-bond donors (Lipinski definition) is 2. The zero-order valence-corrected chi connectivity index (χ0v) is 21.1. The average Bonchev–Trinajstić information content (AvgIpc) is 3.33. The average molecular weight is 508 g/mol. The number of halogens is 1. The van der Waals surface area contributed by atoms with E-state index in [0.717, 1.165) is 34.3 Å². The van der Waals surface area contributed by atoms with Crippen molar-refractivity contribution in [1.82, 2.24) is 14.9 Å². The van der Waals surface area contributed by atoms with Crippen molar-refractivity contribution in [2.24, 2.45) is 0 Å². The summed E-state index contributed by atoms with van der Waals surface area (Å²) in [4.78, 5) is 4.83. The van der Waals surface area contributed by atoms with Crippen LogP contribution in [0.25, 0.3) is 16.9 Å². The summed E-state index contributed by atoms with van der Waals surface area (Å²) in [6.07, 6.45) is 1.44. The molecule has 1 aromatic heterocycles. The van der Waals surface area contributed by atoms with E-state index in [1.165, 1.54) is 0 Å². The molecule has 2 N–H and O–H groups in total. The Labute approximate surface area is 216 Å². The van der Waals surface area contributed by atoms with Gasteiger partial charge in [0.15, 0.2) is 0 Å². The lowest BCUT2D eigenvalue weighted by atomic mass is 10.1. The Morgan fingerprint density at radius 1 is 0.944 bits per heavy atom. The number of aliphatic hydroxyl groups excluding tert-OH is 1. The van der Waals surface area contributed by atoms with Crippen LogP contribution in [0.3, 0.4) is 0 Å². The zero-order valence-electron chi connectivity index (χ0n) is 20.4. The summed E-state index contributed by atoms with van der Waals surface area (Å²) < 4.78 is 19.3. The molecule has 1 atom stereocenters. The monoisotopic (exact) mass is 507 g/mol. The number of aromatic nitrogens is 2. The lowest BCUT2D eigenvalue weighted by molar-refractivity contribution is 0.108. The van der Waals surface area contributed by atoms with Crippen LogP contribution >= 0.6 is 11.6 Å². The molecule has 1 unspecified atom stereocenters. The van der Waals surface area contributed by atoms with Crippen molar-refractivity contribution >= 4 is 11.6 Å². The second-order valence-electron chi connectivity index (χ2n) is 8.15. The van der Waals surface area contributed by atoms with Gasteiger partial charge in [0.05, 0.1) is 5.69 Å². The van der Waals surface area contributed by atoms with E-state index in [-0.39, 0.29) is 6.61 Å². The highest BCUT2D eigenvalue weighted by atomic mass is 35.5. The van der Waals surface area contributed by atoms with Gasteiger partial charge in [-0.1, -0.05) is 11.6 Å². The molecule has 0 amide bonds. The maximum atomic E-state index is 9.83. The van der Waals surface area contributed by atoms with Crippen LogP contribution in [0, 0.1) is 0 Å². The van der Waals surface area contributed by atoms with Crippen LogP contribution in [0.2, 0.25) is 5.02 Å². The fraction of sp³-hybridized carbons (Fsp3) is 0.250. The highest BCUT2D eigenvalue weighted by molar-refractivity contribution is 6.30. The normalized spacial score (nSPS) is 11.9. The molecule has 8 heteroatoms. The Morgan fingerprint density at radius 2 is 1.58 bits per heavy atom.